The fraction of sp³-hybridized carbons (Fsp3) is 0.333. The van der Waals surface area contributed by atoms with E-state index in [1.54, 1.807) is 0 Å². The van der Waals surface area contributed by atoms with Crippen molar-refractivity contribution in [1.29, 1.82) is 0 Å². The summed E-state index contributed by atoms with van der Waals surface area (Å²) in [6, 6.07) is 5.88. The van der Waals surface area contributed by atoms with Crippen LogP contribution in [0.2, 0.25) is 0 Å². The minimum atomic E-state index is 0.384. The van der Waals surface area contributed by atoms with Gasteiger partial charge in [0.2, 0.25) is 0 Å². The van der Waals surface area contributed by atoms with Crippen LogP contribution in [0.25, 0.3) is 0 Å². The maximum absolute atomic E-state index is 5.71. The van der Waals surface area contributed by atoms with Crippen LogP contribution in [-0.4, -0.2) is 0 Å². The monoisotopic (exact) mass is 219 g/mol. The summed E-state index contributed by atoms with van der Waals surface area (Å²) in [7, 11) is 0. The van der Waals surface area contributed by atoms with Crippen molar-refractivity contribution in [2.45, 2.75) is 18.4 Å². The Morgan fingerprint density at radius 3 is 1.85 bits per heavy atom. The molecule has 0 aliphatic rings. The summed E-state index contributed by atoms with van der Waals surface area (Å²) >= 11 is 11.4. The van der Waals surface area contributed by atoms with Crippen LogP contribution in [0, 0.1) is 0 Å². The first-order chi connectivity index (χ1) is 6.30. The highest BCUT2D eigenvalue weighted by Gasteiger charge is 1.99. The van der Waals surface area contributed by atoms with E-state index < -0.39 is 0 Å². The molecular weight excluding hydrogens is 209 g/mol. The van der Waals surface area contributed by atoms with E-state index in [2.05, 4.69) is 4.84 Å². The quantitative estimate of drug-likeness (QED) is 0.625. The SMILES string of the molecule is NOCc1cc(CCl)cc(CCl)c1. The van der Waals surface area contributed by atoms with E-state index in [-0.39, 0.29) is 0 Å². The molecule has 0 aliphatic carbocycles. The summed E-state index contributed by atoms with van der Waals surface area (Å²) in [5.74, 6) is 5.93. The number of hydrogen-bond acceptors (Lipinski definition) is 2. The van der Waals surface area contributed by atoms with E-state index in [1.165, 1.54) is 0 Å². The number of nitrogens with two attached hydrogens (primary N) is 1. The molecule has 1 aromatic rings. The maximum Gasteiger partial charge on any atom is 0.0930 e. The summed E-state index contributed by atoms with van der Waals surface area (Å²) in [4.78, 5) is 4.54. The Bertz CT molecular complexity index is 256. The summed E-state index contributed by atoms with van der Waals surface area (Å²) in [6.45, 7) is 0.384. The van der Waals surface area contributed by atoms with Gasteiger partial charge in [0.05, 0.1) is 6.61 Å². The summed E-state index contributed by atoms with van der Waals surface area (Å²) < 4.78 is 0. The molecule has 0 bridgehead atoms. The van der Waals surface area contributed by atoms with Crippen molar-refractivity contribution in [3.63, 3.8) is 0 Å². The van der Waals surface area contributed by atoms with Crippen molar-refractivity contribution in [3.05, 3.63) is 34.9 Å². The fourth-order valence-electron chi connectivity index (χ4n) is 1.17. The Morgan fingerprint density at radius 1 is 1.00 bits per heavy atom. The number of halogens is 2. The first-order valence-electron chi connectivity index (χ1n) is 3.85. The number of rotatable bonds is 4. The van der Waals surface area contributed by atoms with E-state index in [0.717, 1.165) is 16.7 Å². The standard InChI is InChI=1S/C9H11Cl2NO/c10-4-7-1-8(5-11)3-9(2-7)6-13-12/h1-3H,4-6,12H2. The fourth-order valence-corrected chi connectivity index (χ4v) is 1.48. The second-order valence-corrected chi connectivity index (χ2v) is 3.27. The number of alkyl halides is 2. The Morgan fingerprint density at radius 2 is 1.46 bits per heavy atom. The topological polar surface area (TPSA) is 35.2 Å². The number of benzene rings is 1. The van der Waals surface area contributed by atoms with Gasteiger partial charge < -0.3 is 0 Å². The van der Waals surface area contributed by atoms with Crippen molar-refractivity contribution in [1.82, 2.24) is 0 Å². The van der Waals surface area contributed by atoms with Crippen LogP contribution in [0.1, 0.15) is 16.7 Å². The molecule has 0 atom stereocenters. The van der Waals surface area contributed by atoms with Crippen LogP contribution >= 0.6 is 23.2 Å². The van der Waals surface area contributed by atoms with Gasteiger partial charge in [0.25, 0.3) is 0 Å². The molecule has 0 fully saturated rings. The largest absolute Gasteiger partial charge is 0.300 e. The van der Waals surface area contributed by atoms with Gasteiger partial charge in [-0.25, -0.2) is 5.90 Å². The smallest absolute Gasteiger partial charge is 0.0930 e. The number of hydrogen-bond donors (Lipinski definition) is 1. The van der Waals surface area contributed by atoms with Crippen LogP contribution < -0.4 is 5.90 Å². The zero-order chi connectivity index (χ0) is 9.68. The minimum absolute atomic E-state index is 0.384. The summed E-state index contributed by atoms with van der Waals surface area (Å²) in [5, 5.41) is 0. The normalized spacial score (nSPS) is 10.4. The van der Waals surface area contributed by atoms with Crippen molar-refractivity contribution in [3.8, 4) is 0 Å². The zero-order valence-electron chi connectivity index (χ0n) is 7.09. The average molecular weight is 220 g/mol. The van der Waals surface area contributed by atoms with Gasteiger partial charge in [0, 0.05) is 11.8 Å². The van der Waals surface area contributed by atoms with Crippen molar-refractivity contribution in [2.75, 3.05) is 0 Å². The van der Waals surface area contributed by atoms with E-state index in [9.17, 15) is 0 Å². The van der Waals surface area contributed by atoms with E-state index in [1.807, 2.05) is 18.2 Å². The van der Waals surface area contributed by atoms with Gasteiger partial charge in [-0.15, -0.1) is 23.2 Å². The minimum Gasteiger partial charge on any atom is -0.300 e. The second kappa shape index (κ2) is 5.45. The van der Waals surface area contributed by atoms with Gasteiger partial charge in [0.15, 0.2) is 0 Å². The van der Waals surface area contributed by atoms with Crippen LogP contribution in [-0.2, 0) is 23.2 Å². The highest BCUT2D eigenvalue weighted by atomic mass is 35.5. The summed E-state index contributed by atoms with van der Waals surface area (Å²) in [6.07, 6.45) is 0. The predicted molar refractivity (Wildman–Crippen MR) is 54.5 cm³/mol. The lowest BCUT2D eigenvalue weighted by Gasteiger charge is -2.05. The van der Waals surface area contributed by atoms with E-state index >= 15 is 0 Å². The lowest BCUT2D eigenvalue weighted by Crippen LogP contribution is -2.00. The molecule has 2 nitrogen and oxygen atoms in total. The first kappa shape index (κ1) is 10.8. The van der Waals surface area contributed by atoms with Gasteiger partial charge in [-0.2, -0.15) is 0 Å². The predicted octanol–water partition coefficient (Wildman–Crippen LogP) is 2.55. The Balaban J connectivity index is 2.93. The van der Waals surface area contributed by atoms with Crippen LogP contribution in [0.15, 0.2) is 18.2 Å². The molecule has 0 heterocycles. The third-order valence-corrected chi connectivity index (χ3v) is 2.29. The average Bonchev–Trinajstić information content (AvgIpc) is 2.17. The second-order valence-electron chi connectivity index (χ2n) is 2.74. The van der Waals surface area contributed by atoms with Gasteiger partial charge in [0.1, 0.15) is 0 Å². The highest BCUT2D eigenvalue weighted by Crippen LogP contribution is 2.14. The van der Waals surface area contributed by atoms with E-state index in [4.69, 9.17) is 29.1 Å². The Hall–Kier alpha value is -0.280. The Labute approximate surface area is 87.5 Å². The van der Waals surface area contributed by atoms with Gasteiger partial charge in [-0.3, -0.25) is 4.84 Å². The molecule has 1 aromatic carbocycles. The molecule has 0 saturated carbocycles. The van der Waals surface area contributed by atoms with Crippen molar-refractivity contribution >= 4 is 23.2 Å². The molecular formula is C9H11Cl2NO. The van der Waals surface area contributed by atoms with Crippen LogP contribution in [0.4, 0.5) is 0 Å². The molecule has 0 amide bonds. The zero-order valence-corrected chi connectivity index (χ0v) is 8.61. The molecule has 0 spiro atoms. The highest BCUT2D eigenvalue weighted by molar-refractivity contribution is 6.17. The van der Waals surface area contributed by atoms with E-state index in [0.29, 0.717) is 18.4 Å². The lowest BCUT2D eigenvalue weighted by molar-refractivity contribution is 0.124. The molecule has 0 radical (unpaired) electrons. The molecule has 0 aliphatic heterocycles. The molecule has 1 rings (SSSR count). The maximum atomic E-state index is 5.71. The van der Waals surface area contributed by atoms with Crippen LogP contribution in [0.5, 0.6) is 0 Å². The van der Waals surface area contributed by atoms with Crippen molar-refractivity contribution < 1.29 is 4.84 Å². The lowest BCUT2D eigenvalue weighted by atomic mass is 10.1. The molecule has 13 heavy (non-hydrogen) atoms. The van der Waals surface area contributed by atoms with Crippen molar-refractivity contribution in [2.24, 2.45) is 5.90 Å². The molecule has 0 saturated heterocycles. The van der Waals surface area contributed by atoms with Gasteiger partial charge in [-0.05, 0) is 16.7 Å². The first-order valence-corrected chi connectivity index (χ1v) is 4.92. The molecule has 4 heteroatoms. The molecule has 0 aromatic heterocycles. The van der Waals surface area contributed by atoms with Crippen LogP contribution in [0.3, 0.4) is 0 Å². The van der Waals surface area contributed by atoms with Gasteiger partial charge in [-0.1, -0.05) is 18.2 Å². The summed E-state index contributed by atoms with van der Waals surface area (Å²) in [5.41, 5.74) is 3.06. The molecule has 72 valence electrons. The third kappa shape index (κ3) is 3.16. The third-order valence-electron chi connectivity index (χ3n) is 1.67. The molecule has 0 unspecified atom stereocenters. The van der Waals surface area contributed by atoms with Gasteiger partial charge >= 0.3 is 0 Å². The Kier molecular flexibility index (Phi) is 4.53. The molecule has 2 N–H and O–H groups in total.